The lowest BCUT2D eigenvalue weighted by Gasteiger charge is -2.44. The highest BCUT2D eigenvalue weighted by Gasteiger charge is 2.45. The summed E-state index contributed by atoms with van der Waals surface area (Å²) in [5, 5.41) is 12.2. The van der Waals surface area contributed by atoms with Gasteiger partial charge in [0.05, 0.1) is 17.3 Å². The van der Waals surface area contributed by atoms with Gasteiger partial charge in [0.15, 0.2) is 0 Å². The third-order valence-electron chi connectivity index (χ3n) is 5.52. The number of benzene rings is 3. The van der Waals surface area contributed by atoms with Crippen LogP contribution in [0.1, 0.15) is 37.5 Å². The van der Waals surface area contributed by atoms with Crippen molar-refractivity contribution in [1.82, 2.24) is 5.32 Å². The van der Waals surface area contributed by atoms with Crippen molar-refractivity contribution in [3.8, 4) is 0 Å². The van der Waals surface area contributed by atoms with E-state index in [9.17, 15) is 14.7 Å². The molecule has 0 fully saturated rings. The van der Waals surface area contributed by atoms with E-state index in [1.807, 2.05) is 68.4 Å². The fourth-order valence-electron chi connectivity index (χ4n) is 4.22. The average molecular weight is 448 g/mol. The number of ketones is 1. The summed E-state index contributed by atoms with van der Waals surface area (Å²) in [6.07, 6.45) is 0. The summed E-state index contributed by atoms with van der Waals surface area (Å²) < 4.78 is -1.24. The minimum Gasteiger partial charge on any atom is -0.480 e. The second-order valence-corrected chi connectivity index (χ2v) is 10.2. The van der Waals surface area contributed by atoms with Gasteiger partial charge < -0.3 is 5.11 Å². The fraction of sp³-hybridized carbons (Fsp3) is 0.259. The van der Waals surface area contributed by atoms with E-state index in [2.05, 4.69) is 41.7 Å². The van der Waals surface area contributed by atoms with Crippen LogP contribution in [-0.4, -0.2) is 34.2 Å². The Bertz CT molecular complexity index is 940. The second-order valence-electron chi connectivity index (χ2n) is 8.30. The summed E-state index contributed by atoms with van der Waals surface area (Å²) in [5.41, 5.74) is 3.28. The quantitative estimate of drug-likeness (QED) is 0.422. The van der Waals surface area contributed by atoms with Crippen LogP contribution in [-0.2, 0) is 14.3 Å². The molecule has 0 unspecified atom stereocenters. The van der Waals surface area contributed by atoms with Crippen molar-refractivity contribution in [3.05, 3.63) is 108 Å². The van der Waals surface area contributed by atoms with Crippen LogP contribution in [0.2, 0.25) is 0 Å². The molecular formula is C27H29NO3S. The maximum Gasteiger partial charge on any atom is 0.317 e. The summed E-state index contributed by atoms with van der Waals surface area (Å²) in [6, 6.07) is 30.1. The molecule has 3 rings (SSSR count). The molecule has 0 saturated heterocycles. The normalized spacial score (nSPS) is 12.8. The summed E-state index contributed by atoms with van der Waals surface area (Å²) in [5.74, 6) is -1.08. The van der Waals surface area contributed by atoms with Crippen molar-refractivity contribution in [2.24, 2.45) is 0 Å². The smallest absolute Gasteiger partial charge is 0.317 e. The third kappa shape index (κ3) is 5.12. The highest BCUT2D eigenvalue weighted by molar-refractivity contribution is 8.02. The Labute approximate surface area is 194 Å². The molecule has 2 N–H and O–H groups in total. The molecule has 0 saturated carbocycles. The molecule has 3 aromatic carbocycles. The van der Waals surface area contributed by atoms with Crippen LogP contribution in [0.3, 0.4) is 0 Å². The van der Waals surface area contributed by atoms with Gasteiger partial charge in [-0.1, -0.05) is 91.0 Å². The molecular weight excluding hydrogens is 418 g/mol. The zero-order chi connectivity index (χ0) is 23.2. The van der Waals surface area contributed by atoms with Gasteiger partial charge in [-0.2, -0.15) is 0 Å². The largest absolute Gasteiger partial charge is 0.480 e. The number of hydrogen-bond acceptors (Lipinski definition) is 4. The molecule has 4 nitrogen and oxygen atoms in total. The molecule has 166 valence electrons. The molecule has 0 amide bonds. The number of thioether (sulfide) groups is 1. The van der Waals surface area contributed by atoms with Gasteiger partial charge >= 0.3 is 5.97 Å². The van der Waals surface area contributed by atoms with Crippen molar-refractivity contribution in [3.63, 3.8) is 0 Å². The SMILES string of the molecule is CC(=O)[C@H](NCC(=O)O)C(C)(C)SC(c1ccccc1)(c1ccccc1)c1ccccc1. The Hall–Kier alpha value is -2.89. The number of aliphatic carboxylic acids is 1. The Kier molecular flexibility index (Phi) is 7.54. The number of carbonyl (C=O) groups excluding carboxylic acids is 1. The molecule has 0 aliphatic heterocycles. The minimum atomic E-state index is -0.988. The Morgan fingerprint density at radius 2 is 1.19 bits per heavy atom. The second kappa shape index (κ2) is 10.2. The lowest BCUT2D eigenvalue weighted by molar-refractivity contribution is -0.136. The number of Topliss-reactive ketones (excluding diaryl/α,β-unsaturated/α-hetero) is 1. The van der Waals surface area contributed by atoms with E-state index in [4.69, 9.17) is 0 Å². The van der Waals surface area contributed by atoms with Gasteiger partial charge in [0.1, 0.15) is 5.78 Å². The van der Waals surface area contributed by atoms with Crippen molar-refractivity contribution >= 4 is 23.5 Å². The first-order chi connectivity index (χ1) is 15.3. The minimum absolute atomic E-state index is 0.0909. The van der Waals surface area contributed by atoms with Crippen LogP contribution in [0.4, 0.5) is 0 Å². The van der Waals surface area contributed by atoms with Gasteiger partial charge in [0.25, 0.3) is 0 Å². The third-order valence-corrected chi connectivity index (χ3v) is 7.29. The van der Waals surface area contributed by atoms with E-state index in [-0.39, 0.29) is 12.3 Å². The number of carboxylic acids is 1. The summed E-state index contributed by atoms with van der Waals surface area (Å²) in [7, 11) is 0. The molecule has 0 heterocycles. The van der Waals surface area contributed by atoms with E-state index < -0.39 is 21.5 Å². The van der Waals surface area contributed by atoms with Gasteiger partial charge in [0, 0.05) is 4.75 Å². The molecule has 0 radical (unpaired) electrons. The number of nitrogens with one attached hydrogen (secondary N) is 1. The standard InChI is InChI=1S/C27H29NO3S/c1-20(29)25(28-19-24(30)31)26(2,3)32-27(21-13-7-4-8-14-21,22-15-9-5-10-16-22)23-17-11-6-12-18-23/h4-18,25,28H,19H2,1-3H3,(H,30,31)/t25-/m0/s1. The zero-order valence-electron chi connectivity index (χ0n) is 18.6. The molecule has 32 heavy (non-hydrogen) atoms. The molecule has 0 aliphatic rings. The van der Waals surface area contributed by atoms with Crippen molar-refractivity contribution in [2.75, 3.05) is 6.54 Å². The zero-order valence-corrected chi connectivity index (χ0v) is 19.4. The van der Waals surface area contributed by atoms with E-state index in [0.717, 1.165) is 16.7 Å². The topological polar surface area (TPSA) is 66.4 Å². The van der Waals surface area contributed by atoms with E-state index in [1.54, 1.807) is 11.8 Å². The first-order valence-corrected chi connectivity index (χ1v) is 11.4. The summed E-state index contributed by atoms with van der Waals surface area (Å²) in [4.78, 5) is 23.9. The van der Waals surface area contributed by atoms with Crippen molar-refractivity contribution in [1.29, 1.82) is 0 Å². The van der Waals surface area contributed by atoms with Gasteiger partial charge in [-0.3, -0.25) is 14.9 Å². The van der Waals surface area contributed by atoms with Crippen LogP contribution >= 0.6 is 11.8 Å². The van der Waals surface area contributed by atoms with Gasteiger partial charge in [-0.15, -0.1) is 11.8 Å². The number of carbonyl (C=O) groups is 2. The predicted molar refractivity (Wildman–Crippen MR) is 131 cm³/mol. The predicted octanol–water partition coefficient (Wildman–Crippen LogP) is 5.12. The van der Waals surface area contributed by atoms with Crippen LogP contribution in [0.15, 0.2) is 91.0 Å². The van der Waals surface area contributed by atoms with Crippen LogP contribution in [0.5, 0.6) is 0 Å². The number of rotatable bonds is 10. The maximum absolute atomic E-state index is 12.6. The number of carboxylic acid groups (broad SMARTS) is 1. The molecule has 0 spiro atoms. The average Bonchev–Trinajstić information content (AvgIpc) is 2.79. The van der Waals surface area contributed by atoms with Crippen LogP contribution < -0.4 is 5.32 Å². The maximum atomic E-state index is 12.6. The Morgan fingerprint density at radius 1 is 0.812 bits per heavy atom. The summed E-state index contributed by atoms with van der Waals surface area (Å²) >= 11 is 1.67. The summed E-state index contributed by atoms with van der Waals surface area (Å²) in [6.45, 7) is 5.24. The van der Waals surface area contributed by atoms with Gasteiger partial charge in [-0.05, 0) is 37.5 Å². The monoisotopic (exact) mass is 447 g/mol. The molecule has 3 aromatic rings. The Morgan fingerprint density at radius 3 is 1.50 bits per heavy atom. The molecule has 5 heteroatoms. The van der Waals surface area contributed by atoms with Crippen LogP contribution in [0.25, 0.3) is 0 Å². The molecule has 1 atom stereocenters. The van der Waals surface area contributed by atoms with E-state index in [0.29, 0.717) is 0 Å². The lowest BCUT2D eigenvalue weighted by Crippen LogP contribution is -2.52. The fourth-order valence-corrected chi connectivity index (χ4v) is 6.14. The van der Waals surface area contributed by atoms with Gasteiger partial charge in [0.2, 0.25) is 0 Å². The van der Waals surface area contributed by atoms with E-state index >= 15 is 0 Å². The number of hydrogen-bond donors (Lipinski definition) is 2. The highest BCUT2D eigenvalue weighted by atomic mass is 32.2. The Balaban J connectivity index is 2.22. The van der Waals surface area contributed by atoms with Crippen LogP contribution in [0, 0.1) is 0 Å². The lowest BCUT2D eigenvalue weighted by atomic mass is 9.84. The molecule has 0 aromatic heterocycles. The molecule has 0 bridgehead atoms. The highest BCUT2D eigenvalue weighted by Crippen LogP contribution is 2.54. The first-order valence-electron chi connectivity index (χ1n) is 10.6. The first kappa shape index (κ1) is 23.8. The van der Waals surface area contributed by atoms with Crippen molar-refractivity contribution in [2.45, 2.75) is 36.3 Å². The van der Waals surface area contributed by atoms with E-state index in [1.165, 1.54) is 6.92 Å². The van der Waals surface area contributed by atoms with Crippen molar-refractivity contribution < 1.29 is 14.7 Å². The van der Waals surface area contributed by atoms with Gasteiger partial charge in [-0.25, -0.2) is 0 Å². The molecule has 0 aliphatic carbocycles.